The Kier molecular flexibility index (Phi) is 4.93. The van der Waals surface area contributed by atoms with Crippen molar-refractivity contribution in [3.8, 4) is 0 Å². The molecule has 2 heterocycles. The Morgan fingerprint density at radius 1 is 1.23 bits per heavy atom. The number of hydrogen-bond donors (Lipinski definition) is 2. The van der Waals surface area contributed by atoms with E-state index in [1.54, 1.807) is 12.1 Å². The predicted octanol–water partition coefficient (Wildman–Crippen LogP) is 2.19. The van der Waals surface area contributed by atoms with Crippen LogP contribution in [0.5, 0.6) is 0 Å². The molecule has 1 aliphatic heterocycles. The minimum atomic E-state index is -0.0528. The van der Waals surface area contributed by atoms with Gasteiger partial charge in [-0.15, -0.1) is 0 Å². The molecule has 0 radical (unpaired) electrons. The third kappa shape index (κ3) is 3.58. The molecule has 2 fully saturated rings. The molecule has 3 N–H and O–H groups in total. The number of anilines is 1. The first-order valence-corrected chi connectivity index (χ1v) is 8.49. The molecule has 0 spiro atoms. The molecule has 1 aromatic heterocycles. The van der Waals surface area contributed by atoms with Crippen LogP contribution in [-0.2, 0) is 0 Å². The third-order valence-corrected chi connectivity index (χ3v) is 5.01. The van der Waals surface area contributed by atoms with Crippen LogP contribution >= 0.6 is 0 Å². The van der Waals surface area contributed by atoms with E-state index in [1.807, 2.05) is 0 Å². The van der Waals surface area contributed by atoms with Crippen molar-refractivity contribution in [2.24, 2.45) is 0 Å². The summed E-state index contributed by atoms with van der Waals surface area (Å²) in [6, 6.07) is 4.62. The Balaban J connectivity index is 1.53. The number of nitrogens with one attached hydrogen (secondary N) is 1. The number of aromatic nitrogens is 1. The SMILES string of the molecule is Nc1ccc(C(=O)NCC2CCCN2C2CCCCC2)cn1. The molecular formula is C17H26N4O. The van der Waals surface area contributed by atoms with Crippen LogP contribution in [0.15, 0.2) is 18.3 Å². The molecule has 5 nitrogen and oxygen atoms in total. The van der Waals surface area contributed by atoms with Crippen LogP contribution in [0.25, 0.3) is 0 Å². The second kappa shape index (κ2) is 7.09. The average molecular weight is 302 g/mol. The molecule has 0 aromatic carbocycles. The standard InChI is InChI=1S/C17H26N4O/c18-16-9-8-13(11-19-16)17(22)20-12-15-7-4-10-21(15)14-5-2-1-3-6-14/h8-9,11,14-15H,1-7,10,12H2,(H2,18,19)(H,20,22). The Hall–Kier alpha value is -1.62. The zero-order chi connectivity index (χ0) is 15.4. The molecule has 1 atom stereocenters. The van der Waals surface area contributed by atoms with Gasteiger partial charge in [0.05, 0.1) is 5.56 Å². The summed E-state index contributed by atoms with van der Waals surface area (Å²) in [4.78, 5) is 18.8. The number of pyridine rings is 1. The third-order valence-electron chi connectivity index (χ3n) is 5.01. The number of likely N-dealkylation sites (tertiary alicyclic amines) is 1. The number of nitrogen functional groups attached to an aromatic ring is 1. The van der Waals surface area contributed by atoms with Crippen LogP contribution in [0.2, 0.25) is 0 Å². The maximum atomic E-state index is 12.2. The molecule has 0 bridgehead atoms. The van der Waals surface area contributed by atoms with Gasteiger partial charge in [0.15, 0.2) is 0 Å². The Labute approximate surface area is 132 Å². The highest BCUT2D eigenvalue weighted by Crippen LogP contribution is 2.28. The van der Waals surface area contributed by atoms with Gasteiger partial charge >= 0.3 is 0 Å². The lowest BCUT2D eigenvalue weighted by Gasteiger charge is -2.35. The fourth-order valence-electron chi connectivity index (χ4n) is 3.82. The van der Waals surface area contributed by atoms with Crippen molar-refractivity contribution in [3.05, 3.63) is 23.9 Å². The number of carbonyl (C=O) groups is 1. The molecule has 2 aliphatic rings. The molecule has 1 saturated heterocycles. The van der Waals surface area contributed by atoms with E-state index in [0.29, 0.717) is 17.4 Å². The maximum Gasteiger partial charge on any atom is 0.252 e. The Bertz CT molecular complexity index is 496. The van der Waals surface area contributed by atoms with Crippen molar-refractivity contribution in [2.75, 3.05) is 18.8 Å². The van der Waals surface area contributed by atoms with Crippen molar-refractivity contribution in [1.29, 1.82) is 0 Å². The van der Waals surface area contributed by atoms with Gasteiger partial charge < -0.3 is 11.1 Å². The topological polar surface area (TPSA) is 71.2 Å². The lowest BCUT2D eigenvalue weighted by atomic mass is 9.94. The monoisotopic (exact) mass is 302 g/mol. The highest BCUT2D eigenvalue weighted by atomic mass is 16.1. The number of rotatable bonds is 4. The molecule has 1 aliphatic carbocycles. The maximum absolute atomic E-state index is 12.2. The summed E-state index contributed by atoms with van der Waals surface area (Å²) in [5, 5.41) is 3.07. The van der Waals surface area contributed by atoms with Gasteiger partial charge in [0.25, 0.3) is 5.91 Å². The Morgan fingerprint density at radius 3 is 2.77 bits per heavy atom. The van der Waals surface area contributed by atoms with E-state index in [4.69, 9.17) is 5.73 Å². The van der Waals surface area contributed by atoms with E-state index in [1.165, 1.54) is 57.7 Å². The molecule has 5 heteroatoms. The van der Waals surface area contributed by atoms with Crippen LogP contribution in [0.1, 0.15) is 55.3 Å². The van der Waals surface area contributed by atoms with Crippen LogP contribution in [0, 0.1) is 0 Å². The van der Waals surface area contributed by atoms with Crippen molar-refractivity contribution >= 4 is 11.7 Å². The van der Waals surface area contributed by atoms with Gasteiger partial charge in [0.2, 0.25) is 0 Å². The quantitative estimate of drug-likeness (QED) is 0.894. The molecule has 1 amide bonds. The molecule has 120 valence electrons. The predicted molar refractivity (Wildman–Crippen MR) is 87.6 cm³/mol. The molecule has 22 heavy (non-hydrogen) atoms. The van der Waals surface area contributed by atoms with Crippen LogP contribution in [0.4, 0.5) is 5.82 Å². The smallest absolute Gasteiger partial charge is 0.252 e. The van der Waals surface area contributed by atoms with Gasteiger partial charge in [-0.3, -0.25) is 9.69 Å². The number of carbonyl (C=O) groups excluding carboxylic acids is 1. The van der Waals surface area contributed by atoms with E-state index in [2.05, 4.69) is 15.2 Å². The average Bonchev–Trinajstić information content (AvgIpc) is 3.02. The summed E-state index contributed by atoms with van der Waals surface area (Å²) in [5.74, 6) is 0.388. The number of nitrogens with two attached hydrogens (primary N) is 1. The Morgan fingerprint density at radius 2 is 2.05 bits per heavy atom. The van der Waals surface area contributed by atoms with Crippen LogP contribution in [0.3, 0.4) is 0 Å². The summed E-state index contributed by atoms with van der Waals surface area (Å²) in [6.45, 7) is 1.92. The molecular weight excluding hydrogens is 276 g/mol. The fraction of sp³-hybridized carbons (Fsp3) is 0.647. The second-order valence-electron chi connectivity index (χ2n) is 6.51. The number of amides is 1. The van der Waals surface area contributed by atoms with Gasteiger partial charge in [-0.2, -0.15) is 0 Å². The number of nitrogens with zero attached hydrogens (tertiary/aromatic N) is 2. The van der Waals surface area contributed by atoms with E-state index in [9.17, 15) is 4.79 Å². The summed E-state index contributed by atoms with van der Waals surface area (Å²) >= 11 is 0. The highest BCUT2D eigenvalue weighted by Gasteiger charge is 2.31. The lowest BCUT2D eigenvalue weighted by Crippen LogP contribution is -2.45. The van der Waals surface area contributed by atoms with Gasteiger partial charge in [-0.05, 0) is 44.4 Å². The van der Waals surface area contributed by atoms with Crippen molar-refractivity contribution in [1.82, 2.24) is 15.2 Å². The summed E-state index contributed by atoms with van der Waals surface area (Å²) in [7, 11) is 0. The normalized spacial score (nSPS) is 23.5. The molecule has 1 unspecified atom stereocenters. The van der Waals surface area contributed by atoms with Gasteiger partial charge in [-0.25, -0.2) is 4.98 Å². The lowest BCUT2D eigenvalue weighted by molar-refractivity contribution is 0.0920. The molecule has 1 saturated carbocycles. The van der Waals surface area contributed by atoms with E-state index >= 15 is 0 Å². The minimum absolute atomic E-state index is 0.0528. The van der Waals surface area contributed by atoms with Gasteiger partial charge in [0, 0.05) is 24.8 Å². The van der Waals surface area contributed by atoms with Crippen LogP contribution < -0.4 is 11.1 Å². The van der Waals surface area contributed by atoms with Crippen molar-refractivity contribution in [2.45, 2.75) is 57.0 Å². The fourth-order valence-corrected chi connectivity index (χ4v) is 3.82. The van der Waals surface area contributed by atoms with Gasteiger partial charge in [-0.1, -0.05) is 19.3 Å². The van der Waals surface area contributed by atoms with Crippen molar-refractivity contribution < 1.29 is 4.79 Å². The summed E-state index contributed by atoms with van der Waals surface area (Å²) in [5.41, 5.74) is 6.13. The molecule has 1 aromatic rings. The highest BCUT2D eigenvalue weighted by molar-refractivity contribution is 5.94. The number of hydrogen-bond acceptors (Lipinski definition) is 4. The van der Waals surface area contributed by atoms with Crippen molar-refractivity contribution in [3.63, 3.8) is 0 Å². The second-order valence-corrected chi connectivity index (χ2v) is 6.51. The first-order valence-electron chi connectivity index (χ1n) is 8.49. The zero-order valence-corrected chi connectivity index (χ0v) is 13.1. The first-order chi connectivity index (χ1) is 10.7. The minimum Gasteiger partial charge on any atom is -0.384 e. The van der Waals surface area contributed by atoms with Gasteiger partial charge in [0.1, 0.15) is 5.82 Å². The summed E-state index contributed by atoms with van der Waals surface area (Å²) < 4.78 is 0. The molecule has 3 rings (SSSR count). The van der Waals surface area contributed by atoms with E-state index < -0.39 is 0 Å². The zero-order valence-electron chi connectivity index (χ0n) is 13.1. The van der Waals surface area contributed by atoms with E-state index in [-0.39, 0.29) is 5.91 Å². The largest absolute Gasteiger partial charge is 0.384 e. The van der Waals surface area contributed by atoms with E-state index in [0.717, 1.165) is 12.6 Å². The van der Waals surface area contributed by atoms with Crippen LogP contribution in [-0.4, -0.2) is 41.0 Å². The first kappa shape index (κ1) is 15.3. The summed E-state index contributed by atoms with van der Waals surface area (Å²) in [6.07, 6.45) is 10.7.